The third kappa shape index (κ3) is 3.13. The molecule has 2 heterocycles. The van der Waals surface area contributed by atoms with Crippen molar-refractivity contribution in [1.82, 2.24) is 20.1 Å². The fourth-order valence-corrected chi connectivity index (χ4v) is 1.96. The summed E-state index contributed by atoms with van der Waals surface area (Å²) in [5.41, 5.74) is 1.12. The Kier molecular flexibility index (Phi) is 4.03. The van der Waals surface area contributed by atoms with Crippen molar-refractivity contribution in [3.05, 3.63) is 34.5 Å². The number of hydrogen-bond donors (Lipinski definition) is 2. The van der Waals surface area contributed by atoms with Gasteiger partial charge in [0.15, 0.2) is 0 Å². The second kappa shape index (κ2) is 5.74. The van der Waals surface area contributed by atoms with Gasteiger partial charge in [0.25, 0.3) is 0 Å². The molecule has 0 radical (unpaired) electrons. The minimum absolute atomic E-state index is 0.119. The van der Waals surface area contributed by atoms with Gasteiger partial charge in [-0.2, -0.15) is 5.10 Å². The lowest BCUT2D eigenvalue weighted by molar-refractivity contribution is 0.269. The van der Waals surface area contributed by atoms with Crippen molar-refractivity contribution in [1.29, 1.82) is 0 Å². The highest BCUT2D eigenvalue weighted by Crippen LogP contribution is 2.03. The fourth-order valence-electron chi connectivity index (χ4n) is 1.38. The number of nitrogens with zero attached hydrogens (tertiary/aromatic N) is 3. The first-order valence-electron chi connectivity index (χ1n) is 5.10. The summed E-state index contributed by atoms with van der Waals surface area (Å²) in [7, 11) is 0. The van der Waals surface area contributed by atoms with E-state index in [1.807, 2.05) is 17.8 Å². The van der Waals surface area contributed by atoms with Crippen molar-refractivity contribution >= 4 is 11.3 Å². The van der Waals surface area contributed by atoms with E-state index in [0.717, 1.165) is 23.7 Å². The third-order valence-corrected chi connectivity index (χ3v) is 2.88. The van der Waals surface area contributed by atoms with E-state index >= 15 is 0 Å². The van der Waals surface area contributed by atoms with E-state index in [0.29, 0.717) is 6.54 Å². The number of aliphatic hydroxyl groups excluding tert-OH is 1. The normalized spacial score (nSPS) is 10.8. The van der Waals surface area contributed by atoms with Gasteiger partial charge in [0, 0.05) is 36.4 Å². The van der Waals surface area contributed by atoms with Gasteiger partial charge in [-0.15, -0.1) is 11.3 Å². The van der Waals surface area contributed by atoms with Crippen LogP contribution in [-0.4, -0.2) is 26.5 Å². The second-order valence-electron chi connectivity index (χ2n) is 3.36. The van der Waals surface area contributed by atoms with Crippen molar-refractivity contribution in [2.75, 3.05) is 6.61 Å². The van der Waals surface area contributed by atoms with Gasteiger partial charge in [-0.1, -0.05) is 0 Å². The molecule has 0 aliphatic heterocycles. The predicted octanol–water partition coefficient (Wildman–Crippen LogP) is 0.622. The maximum atomic E-state index is 8.75. The zero-order valence-corrected chi connectivity index (χ0v) is 9.65. The van der Waals surface area contributed by atoms with Crippen molar-refractivity contribution in [3.8, 4) is 0 Å². The number of thiazole rings is 1. The van der Waals surface area contributed by atoms with Crippen molar-refractivity contribution in [2.24, 2.45) is 0 Å². The molecule has 6 heteroatoms. The first-order valence-corrected chi connectivity index (χ1v) is 5.98. The largest absolute Gasteiger partial charge is 0.394 e. The monoisotopic (exact) mass is 238 g/mol. The van der Waals surface area contributed by atoms with Crippen molar-refractivity contribution in [3.63, 3.8) is 0 Å². The quantitative estimate of drug-likeness (QED) is 0.774. The Morgan fingerprint density at radius 2 is 2.38 bits per heavy atom. The standard InChI is InChI=1S/C10H14N4OS/c15-3-2-14-8-9(6-13-14)5-11-7-10-12-1-4-16-10/h1,4,6,8,11,15H,2-3,5,7H2. The summed E-state index contributed by atoms with van der Waals surface area (Å²) in [6.45, 7) is 2.22. The van der Waals surface area contributed by atoms with E-state index in [1.54, 1.807) is 22.2 Å². The molecule has 0 saturated carbocycles. The van der Waals surface area contributed by atoms with Crippen LogP contribution in [0.3, 0.4) is 0 Å². The molecular weight excluding hydrogens is 224 g/mol. The smallest absolute Gasteiger partial charge is 0.106 e. The molecule has 0 fully saturated rings. The topological polar surface area (TPSA) is 63.0 Å². The van der Waals surface area contributed by atoms with Crippen molar-refractivity contribution < 1.29 is 5.11 Å². The molecule has 2 aromatic heterocycles. The molecule has 0 aliphatic carbocycles. The highest BCUT2D eigenvalue weighted by atomic mass is 32.1. The lowest BCUT2D eigenvalue weighted by Gasteiger charge is -1.99. The molecule has 0 atom stereocenters. The summed E-state index contributed by atoms with van der Waals surface area (Å²) in [6.07, 6.45) is 5.55. The minimum atomic E-state index is 0.119. The number of hydrogen-bond acceptors (Lipinski definition) is 5. The Bertz CT molecular complexity index is 412. The average Bonchev–Trinajstić information content (AvgIpc) is 2.90. The van der Waals surface area contributed by atoms with Gasteiger partial charge in [0.05, 0.1) is 19.3 Å². The summed E-state index contributed by atoms with van der Waals surface area (Å²) in [4.78, 5) is 4.18. The summed E-state index contributed by atoms with van der Waals surface area (Å²) >= 11 is 1.64. The van der Waals surface area contributed by atoms with Gasteiger partial charge < -0.3 is 10.4 Å². The summed E-state index contributed by atoms with van der Waals surface area (Å²) in [5.74, 6) is 0. The highest BCUT2D eigenvalue weighted by molar-refractivity contribution is 7.09. The van der Waals surface area contributed by atoms with E-state index in [1.165, 1.54) is 0 Å². The van der Waals surface area contributed by atoms with Crippen molar-refractivity contribution in [2.45, 2.75) is 19.6 Å². The summed E-state index contributed by atoms with van der Waals surface area (Å²) in [5, 5.41) is 19.2. The van der Waals surface area contributed by atoms with Crippen LogP contribution < -0.4 is 5.32 Å². The van der Waals surface area contributed by atoms with Gasteiger partial charge in [-0.25, -0.2) is 4.98 Å². The van der Waals surface area contributed by atoms with Gasteiger partial charge >= 0.3 is 0 Å². The molecule has 2 N–H and O–H groups in total. The van der Waals surface area contributed by atoms with Gasteiger partial charge in [0.2, 0.25) is 0 Å². The zero-order chi connectivity index (χ0) is 11.2. The lowest BCUT2D eigenvalue weighted by Crippen LogP contribution is -2.12. The van der Waals surface area contributed by atoms with E-state index in [9.17, 15) is 0 Å². The van der Waals surface area contributed by atoms with Gasteiger partial charge in [0.1, 0.15) is 5.01 Å². The molecule has 5 nitrogen and oxygen atoms in total. The van der Waals surface area contributed by atoms with Crippen LogP contribution in [0.4, 0.5) is 0 Å². The summed E-state index contributed by atoms with van der Waals surface area (Å²) in [6, 6.07) is 0. The zero-order valence-electron chi connectivity index (χ0n) is 8.83. The molecule has 0 aliphatic rings. The van der Waals surface area contributed by atoms with E-state index in [2.05, 4.69) is 15.4 Å². The Balaban J connectivity index is 1.76. The predicted molar refractivity (Wildman–Crippen MR) is 62.0 cm³/mol. The molecule has 0 saturated heterocycles. The number of aliphatic hydroxyl groups is 1. The molecule has 0 spiro atoms. The maximum Gasteiger partial charge on any atom is 0.106 e. The van der Waals surface area contributed by atoms with Crippen LogP contribution in [-0.2, 0) is 19.6 Å². The molecule has 0 aromatic carbocycles. The maximum absolute atomic E-state index is 8.75. The van der Waals surface area contributed by atoms with Gasteiger partial charge in [-0.3, -0.25) is 4.68 Å². The van der Waals surface area contributed by atoms with E-state index in [4.69, 9.17) is 5.11 Å². The number of nitrogens with one attached hydrogen (secondary N) is 1. The van der Waals surface area contributed by atoms with Crippen LogP contribution in [0.1, 0.15) is 10.6 Å². The Morgan fingerprint density at radius 1 is 1.44 bits per heavy atom. The van der Waals surface area contributed by atoms with Gasteiger partial charge in [-0.05, 0) is 0 Å². The second-order valence-corrected chi connectivity index (χ2v) is 4.34. The SMILES string of the molecule is OCCn1cc(CNCc2nccs2)cn1. The molecule has 86 valence electrons. The van der Waals surface area contributed by atoms with E-state index < -0.39 is 0 Å². The van der Waals surface area contributed by atoms with Crippen LogP contribution >= 0.6 is 11.3 Å². The number of aromatic nitrogens is 3. The molecule has 2 aromatic rings. The Hall–Kier alpha value is -1.24. The first kappa shape index (κ1) is 11.3. The molecule has 0 bridgehead atoms. The Morgan fingerprint density at radius 3 is 3.12 bits per heavy atom. The van der Waals surface area contributed by atoms with Crippen LogP contribution in [0.25, 0.3) is 0 Å². The fraction of sp³-hybridized carbons (Fsp3) is 0.400. The molecular formula is C10H14N4OS. The number of rotatable bonds is 6. The summed E-state index contributed by atoms with van der Waals surface area (Å²) < 4.78 is 1.74. The molecule has 0 unspecified atom stereocenters. The average molecular weight is 238 g/mol. The van der Waals surface area contributed by atoms with Crippen LogP contribution in [0, 0.1) is 0 Å². The van der Waals surface area contributed by atoms with Crippen LogP contribution in [0.2, 0.25) is 0 Å². The van der Waals surface area contributed by atoms with Crippen LogP contribution in [0.15, 0.2) is 24.0 Å². The molecule has 0 amide bonds. The Labute approximate surface area is 97.8 Å². The highest BCUT2D eigenvalue weighted by Gasteiger charge is 1.99. The molecule has 16 heavy (non-hydrogen) atoms. The van der Waals surface area contributed by atoms with Crippen LogP contribution in [0.5, 0.6) is 0 Å². The third-order valence-electron chi connectivity index (χ3n) is 2.10. The minimum Gasteiger partial charge on any atom is -0.394 e. The lowest BCUT2D eigenvalue weighted by atomic mass is 10.3. The molecule has 2 rings (SSSR count). The van der Waals surface area contributed by atoms with E-state index in [-0.39, 0.29) is 6.61 Å². The first-order chi connectivity index (χ1) is 7.88.